The molecule has 1 aliphatic heterocycles. The fourth-order valence-electron chi connectivity index (χ4n) is 2.60. The normalized spacial score (nSPS) is 14.7. The van der Waals surface area contributed by atoms with Gasteiger partial charge in [-0.3, -0.25) is 4.98 Å². The first-order valence-electron chi connectivity index (χ1n) is 7.57. The third-order valence-corrected chi connectivity index (χ3v) is 3.90. The molecule has 0 aromatic carbocycles. The fraction of sp³-hybridized carbons (Fsp3) is 0.467. The first-order chi connectivity index (χ1) is 10.8. The minimum atomic E-state index is -0.0450. The Morgan fingerprint density at radius 1 is 1.36 bits per heavy atom. The van der Waals surface area contributed by atoms with E-state index in [1.807, 2.05) is 21.6 Å². The van der Waals surface area contributed by atoms with Crippen LogP contribution in [-0.2, 0) is 13.1 Å². The molecule has 7 heteroatoms. The third-order valence-electron chi connectivity index (χ3n) is 3.90. The van der Waals surface area contributed by atoms with Crippen LogP contribution in [0, 0.1) is 0 Å². The highest BCUT2D eigenvalue weighted by Gasteiger charge is 2.31. The van der Waals surface area contributed by atoms with Crippen molar-refractivity contribution in [2.24, 2.45) is 0 Å². The second-order valence-electron chi connectivity index (χ2n) is 5.48. The number of pyridine rings is 1. The molecule has 7 nitrogen and oxygen atoms in total. The Hall–Kier alpha value is -2.44. The van der Waals surface area contributed by atoms with Crippen LogP contribution in [0.15, 0.2) is 30.9 Å². The van der Waals surface area contributed by atoms with Gasteiger partial charge in [0.2, 0.25) is 0 Å². The first-order valence-corrected chi connectivity index (χ1v) is 7.57. The summed E-state index contributed by atoms with van der Waals surface area (Å²) >= 11 is 0. The van der Waals surface area contributed by atoms with Crippen molar-refractivity contribution in [2.75, 3.05) is 13.1 Å². The number of hydrogen-bond acceptors (Lipinski definition) is 4. The number of rotatable bonds is 5. The second-order valence-corrected chi connectivity index (χ2v) is 5.48. The van der Waals surface area contributed by atoms with Crippen molar-refractivity contribution in [3.8, 4) is 0 Å². The average molecular weight is 300 g/mol. The van der Waals surface area contributed by atoms with Gasteiger partial charge in [-0.2, -0.15) is 0 Å². The Labute approximate surface area is 129 Å². The zero-order valence-electron chi connectivity index (χ0n) is 12.6. The molecule has 1 fully saturated rings. The van der Waals surface area contributed by atoms with Crippen LogP contribution in [0.5, 0.6) is 0 Å². The van der Waals surface area contributed by atoms with E-state index in [0.717, 1.165) is 31.9 Å². The molecule has 0 saturated carbocycles. The summed E-state index contributed by atoms with van der Waals surface area (Å²) in [5.74, 6) is 1.21. The van der Waals surface area contributed by atoms with E-state index in [9.17, 15) is 4.79 Å². The number of hydrogen-bond donors (Lipinski definition) is 1. The quantitative estimate of drug-likeness (QED) is 0.905. The molecular formula is C15H20N6O. The second kappa shape index (κ2) is 6.55. The minimum Gasteiger partial charge on any atom is -0.331 e. The molecule has 2 amide bonds. The van der Waals surface area contributed by atoms with Crippen LogP contribution in [0.2, 0.25) is 0 Å². The molecule has 0 radical (unpaired) electrons. The molecular weight excluding hydrogens is 280 g/mol. The molecule has 0 bridgehead atoms. The van der Waals surface area contributed by atoms with Crippen LogP contribution >= 0.6 is 0 Å². The monoisotopic (exact) mass is 300 g/mol. The lowest BCUT2D eigenvalue weighted by Crippen LogP contribution is -2.52. The lowest BCUT2D eigenvalue weighted by molar-refractivity contribution is 0.150. The van der Waals surface area contributed by atoms with Gasteiger partial charge < -0.3 is 14.8 Å². The highest BCUT2D eigenvalue weighted by Crippen LogP contribution is 2.26. The van der Waals surface area contributed by atoms with Gasteiger partial charge in [-0.25, -0.2) is 4.79 Å². The van der Waals surface area contributed by atoms with Crippen molar-refractivity contribution < 1.29 is 4.79 Å². The SMILES string of the molecule is CCCn1cnnc1CNC(=O)N1CC(c2ccncc2)C1. The van der Waals surface area contributed by atoms with Gasteiger partial charge in [0.05, 0.1) is 6.54 Å². The van der Waals surface area contributed by atoms with Crippen LogP contribution in [0.1, 0.15) is 30.7 Å². The molecule has 2 aromatic rings. The smallest absolute Gasteiger partial charge is 0.317 e. The number of likely N-dealkylation sites (tertiary alicyclic amines) is 1. The third kappa shape index (κ3) is 3.08. The van der Waals surface area contributed by atoms with Crippen LogP contribution < -0.4 is 5.32 Å². The summed E-state index contributed by atoms with van der Waals surface area (Å²) in [6, 6.07) is 3.97. The van der Waals surface area contributed by atoms with Crippen LogP contribution in [-0.4, -0.2) is 43.8 Å². The average Bonchev–Trinajstić information content (AvgIpc) is 2.92. The number of nitrogens with one attached hydrogen (secondary N) is 1. The van der Waals surface area contributed by atoms with Crippen LogP contribution in [0.3, 0.4) is 0 Å². The van der Waals surface area contributed by atoms with Crippen LogP contribution in [0.4, 0.5) is 4.79 Å². The maximum Gasteiger partial charge on any atom is 0.317 e. The molecule has 2 aromatic heterocycles. The topological polar surface area (TPSA) is 75.9 Å². The number of carbonyl (C=O) groups excluding carboxylic acids is 1. The molecule has 0 unspecified atom stereocenters. The number of amides is 2. The van der Waals surface area contributed by atoms with Gasteiger partial charge in [-0.1, -0.05) is 6.92 Å². The molecule has 3 rings (SSSR count). The van der Waals surface area contributed by atoms with E-state index >= 15 is 0 Å². The van der Waals surface area contributed by atoms with Crippen molar-refractivity contribution in [2.45, 2.75) is 32.4 Å². The van der Waals surface area contributed by atoms with E-state index < -0.39 is 0 Å². The van der Waals surface area contributed by atoms with Gasteiger partial charge in [0.15, 0.2) is 5.82 Å². The molecule has 3 heterocycles. The van der Waals surface area contributed by atoms with Gasteiger partial charge in [-0.15, -0.1) is 10.2 Å². The zero-order valence-corrected chi connectivity index (χ0v) is 12.6. The molecule has 0 aliphatic carbocycles. The minimum absolute atomic E-state index is 0.0450. The summed E-state index contributed by atoms with van der Waals surface area (Å²) in [5, 5.41) is 10.8. The van der Waals surface area contributed by atoms with Gasteiger partial charge in [-0.05, 0) is 24.1 Å². The number of nitrogens with zero attached hydrogens (tertiary/aromatic N) is 5. The maximum absolute atomic E-state index is 12.1. The summed E-state index contributed by atoms with van der Waals surface area (Å²) in [6.45, 7) is 4.87. The van der Waals surface area contributed by atoms with Gasteiger partial charge in [0, 0.05) is 37.9 Å². The molecule has 1 saturated heterocycles. The van der Waals surface area contributed by atoms with Crippen molar-refractivity contribution in [3.05, 3.63) is 42.2 Å². The summed E-state index contributed by atoms with van der Waals surface area (Å²) < 4.78 is 1.97. The summed E-state index contributed by atoms with van der Waals surface area (Å²) in [6.07, 6.45) is 6.30. The lowest BCUT2D eigenvalue weighted by Gasteiger charge is -2.39. The van der Waals surface area contributed by atoms with Crippen molar-refractivity contribution >= 4 is 6.03 Å². The highest BCUT2D eigenvalue weighted by atomic mass is 16.2. The Balaban J connectivity index is 1.47. The fourth-order valence-corrected chi connectivity index (χ4v) is 2.60. The van der Waals surface area contributed by atoms with E-state index in [-0.39, 0.29) is 6.03 Å². The largest absolute Gasteiger partial charge is 0.331 e. The number of aromatic nitrogens is 4. The molecule has 0 spiro atoms. The van der Waals surface area contributed by atoms with Crippen molar-refractivity contribution in [1.29, 1.82) is 0 Å². The number of carbonyl (C=O) groups is 1. The van der Waals surface area contributed by atoms with E-state index in [0.29, 0.717) is 12.5 Å². The number of aryl methyl sites for hydroxylation is 1. The summed E-state index contributed by atoms with van der Waals surface area (Å²) in [7, 11) is 0. The Morgan fingerprint density at radius 2 is 2.14 bits per heavy atom. The predicted octanol–water partition coefficient (Wildman–Crippen LogP) is 1.39. The first kappa shape index (κ1) is 14.5. The zero-order chi connectivity index (χ0) is 15.4. The van der Waals surface area contributed by atoms with E-state index in [4.69, 9.17) is 0 Å². The van der Waals surface area contributed by atoms with Gasteiger partial charge >= 0.3 is 6.03 Å². The molecule has 1 N–H and O–H groups in total. The molecule has 1 aliphatic rings. The predicted molar refractivity (Wildman–Crippen MR) is 81.1 cm³/mol. The van der Waals surface area contributed by atoms with E-state index in [2.05, 4.69) is 27.4 Å². The molecule has 116 valence electrons. The van der Waals surface area contributed by atoms with Gasteiger partial charge in [0.25, 0.3) is 0 Å². The molecule has 0 atom stereocenters. The Kier molecular flexibility index (Phi) is 4.32. The Bertz CT molecular complexity index is 620. The van der Waals surface area contributed by atoms with E-state index in [1.165, 1.54) is 5.56 Å². The Morgan fingerprint density at radius 3 is 2.86 bits per heavy atom. The maximum atomic E-state index is 12.1. The summed E-state index contributed by atoms with van der Waals surface area (Å²) in [4.78, 5) is 17.9. The van der Waals surface area contributed by atoms with Crippen molar-refractivity contribution in [3.63, 3.8) is 0 Å². The van der Waals surface area contributed by atoms with E-state index in [1.54, 1.807) is 18.7 Å². The highest BCUT2D eigenvalue weighted by molar-refractivity contribution is 5.75. The standard InChI is InChI=1S/C15H20N6O/c1-2-7-20-11-18-19-14(20)8-17-15(22)21-9-13(10-21)12-3-5-16-6-4-12/h3-6,11,13H,2,7-10H2,1H3,(H,17,22). The van der Waals surface area contributed by atoms with Gasteiger partial charge in [0.1, 0.15) is 6.33 Å². The lowest BCUT2D eigenvalue weighted by atomic mass is 9.93. The van der Waals surface area contributed by atoms with Crippen LogP contribution in [0.25, 0.3) is 0 Å². The number of urea groups is 1. The molecule has 22 heavy (non-hydrogen) atoms. The van der Waals surface area contributed by atoms with Crippen molar-refractivity contribution in [1.82, 2.24) is 30.0 Å². The summed E-state index contributed by atoms with van der Waals surface area (Å²) in [5.41, 5.74) is 1.24.